The second-order valence-corrected chi connectivity index (χ2v) is 5.09. The van der Waals surface area contributed by atoms with Crippen molar-refractivity contribution in [3.8, 4) is 0 Å². The van der Waals surface area contributed by atoms with Gasteiger partial charge in [-0.25, -0.2) is 4.39 Å². The highest BCUT2D eigenvalue weighted by Gasteiger charge is 2.20. The zero-order chi connectivity index (χ0) is 13.0. The fourth-order valence-electron chi connectivity index (χ4n) is 2.31. The van der Waals surface area contributed by atoms with E-state index in [4.69, 9.17) is 22.2 Å². The summed E-state index contributed by atoms with van der Waals surface area (Å²) in [4.78, 5) is 0. The molecule has 3 N–H and O–H groups in total. The molecule has 1 aromatic rings. The molecule has 0 radical (unpaired) electrons. The summed E-state index contributed by atoms with van der Waals surface area (Å²) in [6.07, 6.45) is 4.07. The van der Waals surface area contributed by atoms with Crippen LogP contribution in [0.5, 0.6) is 0 Å². The number of nitrogens with two attached hydrogens (primary N) is 1. The largest absolute Gasteiger partial charge is 0.378 e. The van der Waals surface area contributed by atoms with Crippen molar-refractivity contribution < 1.29 is 9.13 Å². The molecule has 18 heavy (non-hydrogen) atoms. The van der Waals surface area contributed by atoms with Gasteiger partial charge in [-0.05, 0) is 43.4 Å². The third-order valence-corrected chi connectivity index (χ3v) is 3.56. The summed E-state index contributed by atoms with van der Waals surface area (Å²) in [5.74, 6) is 5.16. The first-order chi connectivity index (χ1) is 8.69. The topological polar surface area (TPSA) is 47.3 Å². The van der Waals surface area contributed by atoms with E-state index in [9.17, 15) is 4.39 Å². The lowest BCUT2D eigenvalue weighted by Gasteiger charge is -2.19. The van der Waals surface area contributed by atoms with Crippen LogP contribution in [0.1, 0.15) is 24.8 Å². The molecule has 1 fully saturated rings. The van der Waals surface area contributed by atoms with Crippen molar-refractivity contribution in [2.24, 2.45) is 5.84 Å². The van der Waals surface area contributed by atoms with Gasteiger partial charge in [0, 0.05) is 12.6 Å². The van der Waals surface area contributed by atoms with E-state index in [2.05, 4.69) is 5.43 Å². The molecular weight excluding hydrogens is 255 g/mol. The van der Waals surface area contributed by atoms with Gasteiger partial charge in [0.2, 0.25) is 0 Å². The SMILES string of the molecule is NNC(Cc1ccc(F)c(Cl)c1)CC1CCCO1. The second kappa shape index (κ2) is 6.48. The maximum absolute atomic E-state index is 13.1. The van der Waals surface area contributed by atoms with E-state index >= 15 is 0 Å². The van der Waals surface area contributed by atoms with Crippen molar-refractivity contribution in [2.45, 2.75) is 37.8 Å². The van der Waals surface area contributed by atoms with Crippen molar-refractivity contribution in [2.75, 3.05) is 6.61 Å². The van der Waals surface area contributed by atoms with Gasteiger partial charge in [0.15, 0.2) is 0 Å². The number of rotatable bonds is 5. The molecule has 100 valence electrons. The van der Waals surface area contributed by atoms with Crippen molar-refractivity contribution in [1.29, 1.82) is 0 Å². The van der Waals surface area contributed by atoms with Gasteiger partial charge < -0.3 is 4.74 Å². The maximum atomic E-state index is 13.1. The summed E-state index contributed by atoms with van der Waals surface area (Å²) in [5.41, 5.74) is 3.77. The lowest BCUT2D eigenvalue weighted by atomic mass is 10.00. The quantitative estimate of drug-likeness (QED) is 0.639. The van der Waals surface area contributed by atoms with Crippen molar-refractivity contribution in [3.05, 3.63) is 34.6 Å². The highest BCUT2D eigenvalue weighted by molar-refractivity contribution is 6.30. The molecular formula is C13H18ClFN2O. The molecule has 2 atom stereocenters. The average Bonchev–Trinajstić information content (AvgIpc) is 2.86. The Morgan fingerprint density at radius 3 is 3.00 bits per heavy atom. The van der Waals surface area contributed by atoms with E-state index in [0.717, 1.165) is 37.9 Å². The highest BCUT2D eigenvalue weighted by Crippen LogP contribution is 2.21. The van der Waals surface area contributed by atoms with E-state index < -0.39 is 5.82 Å². The normalized spacial score (nSPS) is 21.2. The molecule has 0 spiro atoms. The van der Waals surface area contributed by atoms with Crippen LogP contribution in [0.25, 0.3) is 0 Å². The second-order valence-electron chi connectivity index (χ2n) is 4.69. The Morgan fingerprint density at radius 2 is 2.39 bits per heavy atom. The molecule has 3 nitrogen and oxygen atoms in total. The Kier molecular flexibility index (Phi) is 4.95. The van der Waals surface area contributed by atoms with Crippen LogP contribution in [0.4, 0.5) is 4.39 Å². The number of halogens is 2. The molecule has 1 aromatic carbocycles. The van der Waals surface area contributed by atoms with E-state index in [-0.39, 0.29) is 17.2 Å². The van der Waals surface area contributed by atoms with Gasteiger partial charge in [0.25, 0.3) is 0 Å². The molecule has 2 unspecified atom stereocenters. The van der Waals surface area contributed by atoms with Crippen molar-refractivity contribution in [1.82, 2.24) is 5.43 Å². The van der Waals surface area contributed by atoms with Crippen LogP contribution in [0.15, 0.2) is 18.2 Å². The van der Waals surface area contributed by atoms with E-state index in [1.54, 1.807) is 12.1 Å². The summed E-state index contributed by atoms with van der Waals surface area (Å²) in [5, 5.41) is 0.153. The third-order valence-electron chi connectivity index (χ3n) is 3.27. The number of nitrogens with one attached hydrogen (secondary N) is 1. The Bertz CT molecular complexity index is 397. The predicted octanol–water partition coefficient (Wildman–Crippen LogP) is 2.42. The van der Waals surface area contributed by atoms with Crippen molar-refractivity contribution >= 4 is 11.6 Å². The molecule has 2 rings (SSSR count). The predicted molar refractivity (Wildman–Crippen MR) is 69.8 cm³/mol. The van der Waals surface area contributed by atoms with Crippen LogP contribution >= 0.6 is 11.6 Å². The van der Waals surface area contributed by atoms with Gasteiger partial charge in [-0.1, -0.05) is 17.7 Å². The average molecular weight is 273 g/mol. The highest BCUT2D eigenvalue weighted by atomic mass is 35.5. The molecule has 1 aliphatic rings. The minimum absolute atomic E-state index is 0.120. The smallest absolute Gasteiger partial charge is 0.141 e. The molecule has 0 aliphatic carbocycles. The minimum atomic E-state index is -0.392. The Hall–Kier alpha value is -0.680. The standard InChI is InChI=1S/C13H18ClFN2O/c14-12-7-9(3-4-13(12)15)6-10(17-16)8-11-2-1-5-18-11/h3-4,7,10-11,17H,1-2,5-6,8,16H2. The van der Waals surface area contributed by atoms with Gasteiger partial charge in [-0.15, -0.1) is 0 Å². The summed E-state index contributed by atoms with van der Waals surface area (Å²) < 4.78 is 18.6. The van der Waals surface area contributed by atoms with E-state index in [1.165, 1.54) is 6.07 Å². The van der Waals surface area contributed by atoms with E-state index in [0.29, 0.717) is 0 Å². The molecule has 0 saturated carbocycles. The molecule has 1 aliphatic heterocycles. The summed E-state index contributed by atoms with van der Waals surface area (Å²) in [6.45, 7) is 0.838. The van der Waals surface area contributed by atoms with Gasteiger partial charge in [0.1, 0.15) is 5.82 Å². The maximum Gasteiger partial charge on any atom is 0.141 e. The molecule has 1 heterocycles. The number of ether oxygens (including phenoxy) is 1. The van der Waals surface area contributed by atoms with Crippen LogP contribution in [-0.2, 0) is 11.2 Å². The number of hydrogen-bond acceptors (Lipinski definition) is 3. The van der Waals surface area contributed by atoms with Crippen LogP contribution in [0, 0.1) is 5.82 Å². The molecule has 5 heteroatoms. The van der Waals surface area contributed by atoms with Crippen LogP contribution in [0.2, 0.25) is 5.02 Å². The van der Waals surface area contributed by atoms with Crippen LogP contribution in [-0.4, -0.2) is 18.8 Å². The van der Waals surface area contributed by atoms with Gasteiger partial charge in [0.05, 0.1) is 11.1 Å². The lowest BCUT2D eigenvalue weighted by molar-refractivity contribution is 0.0946. The monoisotopic (exact) mass is 272 g/mol. The molecule has 1 saturated heterocycles. The Labute approximate surface area is 111 Å². The minimum Gasteiger partial charge on any atom is -0.378 e. The van der Waals surface area contributed by atoms with E-state index in [1.807, 2.05) is 0 Å². The van der Waals surface area contributed by atoms with Gasteiger partial charge in [-0.3, -0.25) is 11.3 Å². The van der Waals surface area contributed by atoms with Crippen molar-refractivity contribution in [3.63, 3.8) is 0 Å². The first-order valence-corrected chi connectivity index (χ1v) is 6.58. The lowest BCUT2D eigenvalue weighted by Crippen LogP contribution is -2.39. The molecule has 0 aromatic heterocycles. The fraction of sp³-hybridized carbons (Fsp3) is 0.538. The fourth-order valence-corrected chi connectivity index (χ4v) is 2.51. The number of hydrogen-bond donors (Lipinski definition) is 2. The first-order valence-electron chi connectivity index (χ1n) is 6.20. The Balaban J connectivity index is 1.94. The molecule has 0 amide bonds. The molecule has 0 bridgehead atoms. The summed E-state index contributed by atoms with van der Waals surface area (Å²) >= 11 is 5.76. The van der Waals surface area contributed by atoms with Crippen LogP contribution < -0.4 is 11.3 Å². The number of benzene rings is 1. The Morgan fingerprint density at radius 1 is 1.56 bits per heavy atom. The third kappa shape index (κ3) is 3.65. The first kappa shape index (κ1) is 13.7. The van der Waals surface area contributed by atoms with Crippen LogP contribution in [0.3, 0.4) is 0 Å². The summed E-state index contributed by atoms with van der Waals surface area (Å²) in [6, 6.07) is 4.89. The zero-order valence-corrected chi connectivity index (χ0v) is 10.9. The van der Waals surface area contributed by atoms with Gasteiger partial charge in [-0.2, -0.15) is 0 Å². The zero-order valence-electron chi connectivity index (χ0n) is 10.2. The van der Waals surface area contributed by atoms with Gasteiger partial charge >= 0.3 is 0 Å². The summed E-state index contributed by atoms with van der Waals surface area (Å²) in [7, 11) is 0. The number of hydrazine groups is 1.